The molecule has 0 spiro atoms. The van der Waals surface area contributed by atoms with Crippen LogP contribution in [0, 0.1) is 23.2 Å². The van der Waals surface area contributed by atoms with E-state index in [9.17, 15) is 4.79 Å². The van der Waals surface area contributed by atoms with Gasteiger partial charge in [-0.25, -0.2) is 9.68 Å². The van der Waals surface area contributed by atoms with Crippen LogP contribution in [-0.2, 0) is 25.1 Å². The maximum atomic E-state index is 13.4. The van der Waals surface area contributed by atoms with E-state index in [0.29, 0.717) is 0 Å². The molecule has 0 N–H and O–H groups in total. The first-order valence-electron chi connectivity index (χ1n) is 10.9. The van der Waals surface area contributed by atoms with Crippen molar-refractivity contribution in [1.29, 1.82) is 0 Å². The molecule has 0 radical (unpaired) electrons. The van der Waals surface area contributed by atoms with E-state index in [0.717, 1.165) is 48.1 Å². The molecule has 0 amide bonds. The van der Waals surface area contributed by atoms with Crippen molar-refractivity contribution in [2.24, 2.45) is 23.2 Å². The monoisotopic (exact) mass is 390 g/mol. The van der Waals surface area contributed by atoms with Crippen molar-refractivity contribution in [1.82, 2.24) is 0 Å². The second-order valence-corrected chi connectivity index (χ2v) is 9.61. The molecule has 1 heterocycles. The van der Waals surface area contributed by atoms with Crippen molar-refractivity contribution in [3.8, 4) is 0 Å². The number of esters is 1. The maximum Gasteiger partial charge on any atom is 0.342 e. The minimum atomic E-state index is -1.36. The Bertz CT molecular complexity index is 832. The predicted octanol–water partition coefficient (Wildman–Crippen LogP) is 4.98. The molecule has 5 aliphatic rings. The number of carbonyl (C=O) groups is 1. The van der Waals surface area contributed by atoms with Crippen molar-refractivity contribution < 1.29 is 19.3 Å². The molecule has 1 saturated heterocycles. The minimum absolute atomic E-state index is 0.120. The molecular weight excluding hydrogens is 364 g/mol. The molecule has 5 fully saturated rings. The zero-order valence-electron chi connectivity index (χ0n) is 16.5. The van der Waals surface area contributed by atoms with Crippen molar-refractivity contribution in [2.45, 2.75) is 50.4 Å². The SMILES string of the molecule is O=C1OC(c2ccccc2)(c2ccccc2)OOC1C12CC3CC(CC(C3)C1)C2. The van der Waals surface area contributed by atoms with Crippen molar-refractivity contribution in [2.75, 3.05) is 0 Å². The molecular formula is C25H26O4. The summed E-state index contributed by atoms with van der Waals surface area (Å²) in [5, 5.41) is 0. The van der Waals surface area contributed by atoms with Crippen LogP contribution in [0.3, 0.4) is 0 Å². The molecule has 0 aromatic heterocycles. The normalized spacial score (nSPS) is 37.3. The van der Waals surface area contributed by atoms with Gasteiger partial charge < -0.3 is 4.74 Å². The first-order chi connectivity index (χ1) is 14.2. The van der Waals surface area contributed by atoms with E-state index < -0.39 is 11.9 Å². The summed E-state index contributed by atoms with van der Waals surface area (Å²) < 4.78 is 6.16. The van der Waals surface area contributed by atoms with Crippen LogP contribution in [0.2, 0.25) is 0 Å². The fourth-order valence-electron chi connectivity index (χ4n) is 6.91. The lowest BCUT2D eigenvalue weighted by Crippen LogP contribution is -2.59. The Hall–Kier alpha value is -2.17. The number of hydrogen-bond acceptors (Lipinski definition) is 4. The van der Waals surface area contributed by atoms with Crippen molar-refractivity contribution in [3.63, 3.8) is 0 Å². The van der Waals surface area contributed by atoms with Gasteiger partial charge in [0.25, 0.3) is 5.79 Å². The van der Waals surface area contributed by atoms with Gasteiger partial charge in [0.2, 0.25) is 0 Å². The van der Waals surface area contributed by atoms with Gasteiger partial charge in [0, 0.05) is 16.5 Å². The summed E-state index contributed by atoms with van der Waals surface area (Å²) in [6, 6.07) is 19.2. The molecule has 4 heteroatoms. The topological polar surface area (TPSA) is 44.8 Å². The third-order valence-corrected chi connectivity index (χ3v) is 7.67. The lowest BCUT2D eigenvalue weighted by molar-refractivity contribution is -0.467. The highest BCUT2D eigenvalue weighted by molar-refractivity contribution is 5.77. The molecule has 1 atom stereocenters. The van der Waals surface area contributed by atoms with Gasteiger partial charge in [-0.3, -0.25) is 0 Å². The number of ether oxygens (including phenoxy) is 1. The zero-order chi connectivity index (χ0) is 19.5. The Kier molecular flexibility index (Phi) is 3.91. The summed E-state index contributed by atoms with van der Waals surface area (Å²) in [4.78, 5) is 25.5. The first kappa shape index (κ1) is 17.7. The smallest absolute Gasteiger partial charge is 0.342 e. The Morgan fingerprint density at radius 1 is 0.724 bits per heavy atom. The average Bonchev–Trinajstić information content (AvgIpc) is 2.74. The number of carbonyl (C=O) groups excluding carboxylic acids is 1. The fourth-order valence-corrected chi connectivity index (χ4v) is 6.91. The molecule has 150 valence electrons. The van der Waals surface area contributed by atoms with E-state index in [2.05, 4.69) is 0 Å². The Morgan fingerprint density at radius 3 is 1.66 bits per heavy atom. The Morgan fingerprint density at radius 2 is 1.21 bits per heavy atom. The molecule has 29 heavy (non-hydrogen) atoms. The van der Waals surface area contributed by atoms with Gasteiger partial charge in [-0.2, -0.15) is 4.89 Å². The molecule has 7 rings (SSSR count). The van der Waals surface area contributed by atoms with Crippen molar-refractivity contribution >= 4 is 5.97 Å². The summed E-state index contributed by atoms with van der Waals surface area (Å²) >= 11 is 0. The van der Waals surface area contributed by atoms with Gasteiger partial charge in [0.05, 0.1) is 0 Å². The summed E-state index contributed by atoms with van der Waals surface area (Å²) in [7, 11) is 0. The third kappa shape index (κ3) is 2.69. The summed E-state index contributed by atoms with van der Waals surface area (Å²) in [5.74, 6) is 0.539. The van der Waals surface area contributed by atoms with Crippen LogP contribution in [0.25, 0.3) is 0 Å². The zero-order valence-corrected chi connectivity index (χ0v) is 16.5. The second kappa shape index (κ2) is 6.41. The number of rotatable bonds is 3. The van der Waals surface area contributed by atoms with E-state index >= 15 is 0 Å². The Labute approximate surface area is 171 Å². The van der Waals surface area contributed by atoms with Crippen LogP contribution in [0.5, 0.6) is 0 Å². The maximum absolute atomic E-state index is 13.4. The number of cyclic esters (lactones) is 1. The molecule has 1 unspecified atom stereocenters. The molecule has 1 aliphatic heterocycles. The second-order valence-electron chi connectivity index (χ2n) is 9.61. The standard InChI is InChI=1S/C25H26O4/c26-23-22(24-14-17-11-18(15-24)13-19(12-17)16-24)28-29-25(27-23,20-7-3-1-4-8-20)21-9-5-2-6-10-21/h1-10,17-19,22H,11-16H2. The van der Waals surface area contributed by atoms with Crippen LogP contribution in [0.4, 0.5) is 0 Å². The first-order valence-corrected chi connectivity index (χ1v) is 10.9. The van der Waals surface area contributed by atoms with E-state index in [4.69, 9.17) is 14.5 Å². The van der Waals surface area contributed by atoms with Crippen molar-refractivity contribution in [3.05, 3.63) is 71.8 Å². The van der Waals surface area contributed by atoms with E-state index in [1.165, 1.54) is 19.3 Å². The molecule has 2 aromatic carbocycles. The molecule has 2 aromatic rings. The lowest BCUT2D eigenvalue weighted by Gasteiger charge is -2.58. The summed E-state index contributed by atoms with van der Waals surface area (Å²) in [6.45, 7) is 0. The number of hydrogen-bond donors (Lipinski definition) is 0. The minimum Gasteiger partial charge on any atom is -0.419 e. The highest BCUT2D eigenvalue weighted by Gasteiger charge is 2.61. The van der Waals surface area contributed by atoms with E-state index in [-0.39, 0.29) is 11.4 Å². The fraction of sp³-hybridized carbons (Fsp3) is 0.480. The third-order valence-electron chi connectivity index (χ3n) is 7.67. The van der Waals surface area contributed by atoms with Gasteiger partial charge in [0.15, 0.2) is 6.10 Å². The Balaban J connectivity index is 1.35. The van der Waals surface area contributed by atoms with Crippen LogP contribution >= 0.6 is 0 Å². The summed E-state index contributed by atoms with van der Waals surface area (Å²) in [6.07, 6.45) is 6.51. The van der Waals surface area contributed by atoms with E-state index in [1.807, 2.05) is 60.7 Å². The molecule has 4 saturated carbocycles. The number of benzene rings is 2. The largest absolute Gasteiger partial charge is 0.419 e. The molecule has 4 bridgehead atoms. The van der Waals surface area contributed by atoms with Crippen LogP contribution in [-0.4, -0.2) is 12.1 Å². The van der Waals surface area contributed by atoms with Crippen LogP contribution in [0.1, 0.15) is 49.7 Å². The highest BCUT2D eigenvalue weighted by Crippen LogP contribution is 2.62. The predicted molar refractivity (Wildman–Crippen MR) is 106 cm³/mol. The average molecular weight is 390 g/mol. The molecule has 4 nitrogen and oxygen atoms in total. The van der Waals surface area contributed by atoms with Gasteiger partial charge in [-0.1, -0.05) is 60.7 Å². The van der Waals surface area contributed by atoms with Gasteiger partial charge in [-0.05, 0) is 56.3 Å². The van der Waals surface area contributed by atoms with Gasteiger partial charge in [-0.15, -0.1) is 0 Å². The lowest BCUT2D eigenvalue weighted by atomic mass is 9.48. The molecule has 4 aliphatic carbocycles. The quantitative estimate of drug-likeness (QED) is 0.548. The highest BCUT2D eigenvalue weighted by atomic mass is 17.2. The van der Waals surface area contributed by atoms with Crippen LogP contribution < -0.4 is 0 Å². The van der Waals surface area contributed by atoms with Gasteiger partial charge in [0.1, 0.15) is 0 Å². The van der Waals surface area contributed by atoms with E-state index in [1.54, 1.807) is 0 Å². The van der Waals surface area contributed by atoms with Gasteiger partial charge >= 0.3 is 5.97 Å². The summed E-state index contributed by atoms with van der Waals surface area (Å²) in [5.41, 5.74) is 1.39. The van der Waals surface area contributed by atoms with Crippen LogP contribution in [0.15, 0.2) is 60.7 Å².